The van der Waals surface area contributed by atoms with E-state index in [0.29, 0.717) is 22.9 Å². The van der Waals surface area contributed by atoms with Crippen molar-refractivity contribution in [1.29, 1.82) is 0 Å². The first-order chi connectivity index (χ1) is 15.0. The Morgan fingerprint density at radius 2 is 1.65 bits per heavy atom. The highest BCUT2D eigenvalue weighted by Crippen LogP contribution is 2.18. The summed E-state index contributed by atoms with van der Waals surface area (Å²) in [4.78, 5) is 27.3. The average Bonchev–Trinajstić information content (AvgIpc) is 3.11. The van der Waals surface area contributed by atoms with Crippen LogP contribution in [0.3, 0.4) is 0 Å². The minimum absolute atomic E-state index is 0.0693. The summed E-state index contributed by atoms with van der Waals surface area (Å²) < 4.78 is 3.24. The molecule has 1 N–H and O–H groups in total. The normalized spacial score (nSPS) is 10.8. The van der Waals surface area contributed by atoms with Crippen LogP contribution in [-0.2, 0) is 6.54 Å². The van der Waals surface area contributed by atoms with Gasteiger partial charge in [-0.3, -0.25) is 14.3 Å². The Kier molecular flexibility index (Phi) is 6.30. The van der Waals surface area contributed by atoms with Crippen LogP contribution in [0, 0.1) is 0 Å². The number of hydrogen-bond acceptors (Lipinski definition) is 3. The molecule has 0 saturated heterocycles. The van der Waals surface area contributed by atoms with Crippen molar-refractivity contribution >= 4 is 35.0 Å². The number of nitrogens with one attached hydrogen (secondary N) is 1. The number of amides is 1. The summed E-state index contributed by atoms with van der Waals surface area (Å²) in [5.74, 6) is -0.448. The number of rotatable bonds is 6. The molecule has 0 bridgehead atoms. The van der Waals surface area contributed by atoms with Crippen LogP contribution in [0.15, 0.2) is 94.7 Å². The van der Waals surface area contributed by atoms with Gasteiger partial charge in [0.2, 0.25) is 0 Å². The summed E-state index contributed by atoms with van der Waals surface area (Å²) in [5.41, 5.74) is 1.96. The minimum Gasteiger partial charge on any atom is -0.322 e. The molecular weight excluding hydrogens is 430 g/mol. The lowest BCUT2D eigenvalue weighted by Gasteiger charge is -2.11. The molecule has 1 aromatic heterocycles. The van der Waals surface area contributed by atoms with Gasteiger partial charge >= 0.3 is 0 Å². The number of carbonyl (C=O) groups excluding carboxylic acids is 1. The molecule has 0 unspecified atom stereocenters. The van der Waals surface area contributed by atoms with Gasteiger partial charge in [-0.25, -0.2) is 4.68 Å². The molecule has 156 valence electrons. The highest BCUT2D eigenvalue weighted by Gasteiger charge is 2.19. The molecule has 4 rings (SSSR count). The van der Waals surface area contributed by atoms with Crippen molar-refractivity contribution < 1.29 is 4.79 Å². The van der Waals surface area contributed by atoms with E-state index in [2.05, 4.69) is 5.32 Å². The number of aromatic nitrogens is 2. The summed E-state index contributed by atoms with van der Waals surface area (Å²) >= 11 is 7.64. The molecule has 0 aliphatic rings. The Morgan fingerprint density at radius 3 is 2.29 bits per heavy atom. The highest BCUT2D eigenvalue weighted by molar-refractivity contribution is 7.98. The molecule has 1 heterocycles. The molecule has 0 radical (unpaired) electrons. The lowest BCUT2D eigenvalue weighted by atomic mass is 10.2. The fourth-order valence-electron chi connectivity index (χ4n) is 3.26. The van der Waals surface area contributed by atoms with Crippen molar-refractivity contribution in [3.8, 4) is 5.69 Å². The van der Waals surface area contributed by atoms with Gasteiger partial charge in [-0.2, -0.15) is 0 Å². The van der Waals surface area contributed by atoms with E-state index in [-0.39, 0.29) is 5.56 Å². The first-order valence-electron chi connectivity index (χ1n) is 9.63. The van der Waals surface area contributed by atoms with E-state index < -0.39 is 11.5 Å². The zero-order valence-corrected chi connectivity index (χ0v) is 18.4. The average molecular weight is 450 g/mol. The maximum absolute atomic E-state index is 13.2. The molecular formula is C24H20ClN3O2S. The van der Waals surface area contributed by atoms with Gasteiger partial charge in [0.15, 0.2) is 0 Å². The second-order valence-electron chi connectivity index (χ2n) is 6.90. The number of nitrogens with zero attached hydrogens (tertiary/aromatic N) is 2. The summed E-state index contributed by atoms with van der Waals surface area (Å²) in [6.45, 7) is 0.439. The molecule has 0 saturated carbocycles. The SMILES string of the molecule is CSc1ccc(NC(=O)c2cn(Cc3ccccc3)n(-c3ccc(Cl)cc3)c2=O)cc1. The lowest BCUT2D eigenvalue weighted by Crippen LogP contribution is -2.26. The van der Waals surface area contributed by atoms with Crippen molar-refractivity contribution in [3.63, 3.8) is 0 Å². The number of halogens is 1. The quantitative estimate of drug-likeness (QED) is 0.405. The van der Waals surface area contributed by atoms with E-state index in [9.17, 15) is 9.59 Å². The molecule has 31 heavy (non-hydrogen) atoms. The second-order valence-corrected chi connectivity index (χ2v) is 8.22. The van der Waals surface area contributed by atoms with Crippen molar-refractivity contribution in [1.82, 2.24) is 9.36 Å². The Morgan fingerprint density at radius 1 is 0.968 bits per heavy atom. The third-order valence-electron chi connectivity index (χ3n) is 4.81. The van der Waals surface area contributed by atoms with Crippen LogP contribution in [0.5, 0.6) is 0 Å². The summed E-state index contributed by atoms with van der Waals surface area (Å²) in [6, 6.07) is 24.2. The zero-order chi connectivity index (χ0) is 21.8. The van der Waals surface area contributed by atoms with E-state index in [1.807, 2.05) is 60.9 Å². The summed E-state index contributed by atoms with van der Waals surface area (Å²) in [6.07, 6.45) is 3.58. The predicted molar refractivity (Wildman–Crippen MR) is 127 cm³/mol. The molecule has 0 spiro atoms. The monoisotopic (exact) mass is 449 g/mol. The molecule has 4 aromatic rings. The lowest BCUT2D eigenvalue weighted by molar-refractivity contribution is 0.102. The van der Waals surface area contributed by atoms with Gasteiger partial charge in [-0.05, 0) is 60.4 Å². The number of thioether (sulfide) groups is 1. The number of carbonyl (C=O) groups is 1. The van der Waals surface area contributed by atoms with Crippen molar-refractivity contribution in [3.05, 3.63) is 112 Å². The van der Waals surface area contributed by atoms with Crippen molar-refractivity contribution in [2.45, 2.75) is 11.4 Å². The largest absolute Gasteiger partial charge is 0.322 e. The maximum Gasteiger partial charge on any atom is 0.284 e. The summed E-state index contributed by atoms with van der Waals surface area (Å²) in [5, 5.41) is 3.39. The molecule has 0 atom stereocenters. The topological polar surface area (TPSA) is 56.0 Å². The smallest absolute Gasteiger partial charge is 0.284 e. The number of anilines is 1. The van der Waals surface area contributed by atoms with Gasteiger partial charge in [0.05, 0.1) is 12.2 Å². The van der Waals surface area contributed by atoms with Crippen LogP contribution < -0.4 is 10.9 Å². The van der Waals surface area contributed by atoms with Crippen LogP contribution in [0.2, 0.25) is 5.02 Å². The van der Waals surface area contributed by atoms with Gasteiger partial charge in [-0.15, -0.1) is 11.8 Å². The van der Waals surface area contributed by atoms with E-state index in [4.69, 9.17) is 11.6 Å². The zero-order valence-electron chi connectivity index (χ0n) is 16.8. The van der Waals surface area contributed by atoms with Crippen molar-refractivity contribution in [2.24, 2.45) is 0 Å². The Hall–Kier alpha value is -3.22. The van der Waals surface area contributed by atoms with Gasteiger partial charge < -0.3 is 5.32 Å². The molecule has 0 aliphatic heterocycles. The van der Waals surface area contributed by atoms with E-state index >= 15 is 0 Å². The van der Waals surface area contributed by atoms with Crippen LogP contribution in [0.25, 0.3) is 5.69 Å². The van der Waals surface area contributed by atoms with E-state index in [1.54, 1.807) is 46.9 Å². The van der Waals surface area contributed by atoms with Crippen LogP contribution in [0.4, 0.5) is 5.69 Å². The van der Waals surface area contributed by atoms with Crippen molar-refractivity contribution in [2.75, 3.05) is 11.6 Å². The Labute approximate surface area is 189 Å². The van der Waals surface area contributed by atoms with Gasteiger partial charge in [0.25, 0.3) is 11.5 Å². The third kappa shape index (κ3) is 4.76. The minimum atomic E-state index is -0.448. The van der Waals surface area contributed by atoms with Crippen LogP contribution in [-0.4, -0.2) is 21.5 Å². The first-order valence-corrected chi connectivity index (χ1v) is 11.2. The third-order valence-corrected chi connectivity index (χ3v) is 5.80. The highest BCUT2D eigenvalue weighted by atomic mass is 35.5. The number of hydrogen-bond donors (Lipinski definition) is 1. The molecule has 3 aromatic carbocycles. The Balaban J connectivity index is 1.72. The molecule has 0 aliphatic carbocycles. The van der Waals surface area contributed by atoms with E-state index in [0.717, 1.165) is 10.5 Å². The fourth-order valence-corrected chi connectivity index (χ4v) is 3.79. The fraction of sp³-hybridized carbons (Fsp3) is 0.0833. The summed E-state index contributed by atoms with van der Waals surface area (Å²) in [7, 11) is 0. The van der Waals surface area contributed by atoms with Gasteiger partial charge in [-0.1, -0.05) is 41.9 Å². The standard InChI is InChI=1S/C24H20ClN3O2S/c1-31-21-13-9-19(10-14-21)26-23(29)22-16-27(15-17-5-3-2-4-6-17)28(24(22)30)20-11-7-18(25)8-12-20/h2-14,16H,15H2,1H3,(H,26,29). The molecule has 7 heteroatoms. The van der Waals surface area contributed by atoms with Crippen LogP contribution >= 0.6 is 23.4 Å². The first kappa shape index (κ1) is 21.0. The predicted octanol–water partition coefficient (Wildman–Crippen LogP) is 5.31. The molecule has 0 fully saturated rings. The molecule has 1 amide bonds. The maximum atomic E-state index is 13.2. The van der Waals surface area contributed by atoms with Crippen LogP contribution in [0.1, 0.15) is 15.9 Å². The van der Waals surface area contributed by atoms with Gasteiger partial charge in [0.1, 0.15) is 5.56 Å². The molecule has 5 nitrogen and oxygen atoms in total. The van der Waals surface area contributed by atoms with E-state index in [1.165, 1.54) is 4.68 Å². The number of benzene rings is 3. The second kappa shape index (κ2) is 9.29. The Bertz CT molecular complexity index is 1250. The van der Waals surface area contributed by atoms with Gasteiger partial charge in [0, 0.05) is 21.8 Å².